The van der Waals surface area contributed by atoms with Crippen LogP contribution in [-0.4, -0.2) is 6.04 Å². The zero-order valence-corrected chi connectivity index (χ0v) is 11.2. The smallest absolute Gasteiger partial charge is 0.123 e. The molecule has 0 spiro atoms. The van der Waals surface area contributed by atoms with Crippen molar-refractivity contribution < 1.29 is 4.39 Å². The minimum Gasteiger partial charge on any atom is -0.310 e. The van der Waals surface area contributed by atoms with Crippen LogP contribution < -0.4 is 5.32 Å². The summed E-state index contributed by atoms with van der Waals surface area (Å²) in [5.41, 5.74) is 2.21. The molecule has 0 unspecified atom stereocenters. The molecule has 1 aromatic heterocycles. The number of hydrogen-bond acceptors (Lipinski definition) is 2. The van der Waals surface area contributed by atoms with E-state index in [0.717, 1.165) is 17.7 Å². The molecule has 0 atom stereocenters. The summed E-state index contributed by atoms with van der Waals surface area (Å²) in [6.07, 6.45) is 2.51. The lowest BCUT2D eigenvalue weighted by atomic mass is 10.1. The third-order valence-electron chi connectivity index (χ3n) is 3.23. The van der Waals surface area contributed by atoms with Crippen LogP contribution in [0.1, 0.15) is 23.3 Å². The second kappa shape index (κ2) is 4.82. The topological polar surface area (TPSA) is 12.0 Å². The molecule has 1 saturated carbocycles. The van der Waals surface area contributed by atoms with E-state index in [9.17, 15) is 4.39 Å². The third-order valence-corrected chi connectivity index (χ3v) is 4.27. The van der Waals surface area contributed by atoms with Gasteiger partial charge in [0.2, 0.25) is 0 Å². The summed E-state index contributed by atoms with van der Waals surface area (Å²) in [6, 6.07) is 9.97. The molecule has 1 aromatic carbocycles. The lowest BCUT2D eigenvalue weighted by Gasteiger charge is -2.09. The second-order valence-electron chi connectivity index (χ2n) is 4.87. The van der Waals surface area contributed by atoms with Crippen LogP contribution in [0.2, 0.25) is 0 Å². The Morgan fingerprint density at radius 3 is 2.78 bits per heavy atom. The molecule has 0 saturated heterocycles. The second-order valence-corrected chi connectivity index (χ2v) is 6.15. The molecular weight excluding hydrogens is 245 g/mol. The van der Waals surface area contributed by atoms with Crippen molar-refractivity contribution in [2.45, 2.75) is 32.4 Å². The highest BCUT2D eigenvalue weighted by Crippen LogP contribution is 2.31. The first-order chi connectivity index (χ1) is 8.72. The van der Waals surface area contributed by atoms with E-state index in [-0.39, 0.29) is 5.82 Å². The van der Waals surface area contributed by atoms with Gasteiger partial charge < -0.3 is 5.32 Å². The molecule has 0 radical (unpaired) electrons. The van der Waals surface area contributed by atoms with Crippen LogP contribution >= 0.6 is 11.3 Å². The van der Waals surface area contributed by atoms with E-state index in [4.69, 9.17) is 0 Å². The zero-order valence-electron chi connectivity index (χ0n) is 10.4. The van der Waals surface area contributed by atoms with Gasteiger partial charge in [0.05, 0.1) is 0 Å². The lowest BCUT2D eigenvalue weighted by Crippen LogP contribution is -2.15. The average molecular weight is 261 g/mol. The van der Waals surface area contributed by atoms with Gasteiger partial charge in [-0.2, -0.15) is 0 Å². The Labute approximate surface area is 111 Å². The van der Waals surface area contributed by atoms with Crippen LogP contribution in [0.25, 0.3) is 10.4 Å². The number of aryl methyl sites for hydroxylation is 1. The lowest BCUT2D eigenvalue weighted by molar-refractivity contribution is 0.620. The molecule has 1 fully saturated rings. The normalized spacial score (nSPS) is 15.0. The van der Waals surface area contributed by atoms with Crippen LogP contribution in [0, 0.1) is 12.7 Å². The monoisotopic (exact) mass is 261 g/mol. The van der Waals surface area contributed by atoms with Gasteiger partial charge in [0, 0.05) is 22.3 Å². The Kier molecular flexibility index (Phi) is 3.18. The molecule has 1 nitrogen and oxygen atoms in total. The first-order valence-electron chi connectivity index (χ1n) is 6.31. The molecule has 0 amide bonds. The van der Waals surface area contributed by atoms with Crippen molar-refractivity contribution in [2.75, 3.05) is 0 Å². The van der Waals surface area contributed by atoms with Gasteiger partial charge in [0.25, 0.3) is 0 Å². The Morgan fingerprint density at radius 1 is 1.28 bits per heavy atom. The van der Waals surface area contributed by atoms with E-state index in [0.29, 0.717) is 6.04 Å². The van der Waals surface area contributed by atoms with Crippen LogP contribution in [0.3, 0.4) is 0 Å². The molecule has 1 aliphatic carbocycles. The van der Waals surface area contributed by atoms with Gasteiger partial charge in [-0.1, -0.05) is 6.07 Å². The Hall–Kier alpha value is -1.19. The number of thiophene rings is 1. The summed E-state index contributed by atoms with van der Waals surface area (Å²) in [5.74, 6) is -0.153. The maximum absolute atomic E-state index is 13.4. The molecule has 94 valence electrons. The highest BCUT2D eigenvalue weighted by Gasteiger charge is 2.20. The predicted octanol–water partition coefficient (Wildman–Crippen LogP) is 4.11. The largest absolute Gasteiger partial charge is 0.310 e. The number of benzene rings is 1. The predicted molar refractivity (Wildman–Crippen MR) is 74.3 cm³/mol. The van der Waals surface area contributed by atoms with Crippen LogP contribution in [0.15, 0.2) is 30.3 Å². The molecule has 3 rings (SSSR count). The van der Waals surface area contributed by atoms with Gasteiger partial charge in [0.1, 0.15) is 5.82 Å². The van der Waals surface area contributed by atoms with Crippen molar-refractivity contribution in [1.82, 2.24) is 5.32 Å². The number of rotatable bonds is 4. The summed E-state index contributed by atoms with van der Waals surface area (Å²) in [7, 11) is 0. The van der Waals surface area contributed by atoms with Crippen LogP contribution in [-0.2, 0) is 6.54 Å². The summed E-state index contributed by atoms with van der Waals surface area (Å²) >= 11 is 1.76. The minimum absolute atomic E-state index is 0.153. The summed E-state index contributed by atoms with van der Waals surface area (Å²) in [6.45, 7) is 2.86. The highest BCUT2D eigenvalue weighted by molar-refractivity contribution is 7.15. The molecule has 1 aliphatic rings. The molecule has 3 heteroatoms. The fourth-order valence-electron chi connectivity index (χ4n) is 2.07. The van der Waals surface area contributed by atoms with Crippen molar-refractivity contribution in [2.24, 2.45) is 0 Å². The molecular formula is C15H16FNS. The maximum Gasteiger partial charge on any atom is 0.123 e. The van der Waals surface area contributed by atoms with Crippen molar-refractivity contribution in [1.29, 1.82) is 0 Å². The fourth-order valence-corrected chi connectivity index (χ4v) is 3.00. The van der Waals surface area contributed by atoms with Gasteiger partial charge in [0.15, 0.2) is 0 Å². The number of halogens is 1. The first kappa shape index (κ1) is 11.9. The van der Waals surface area contributed by atoms with Gasteiger partial charge in [-0.25, -0.2) is 4.39 Å². The quantitative estimate of drug-likeness (QED) is 0.873. The van der Waals surface area contributed by atoms with E-state index >= 15 is 0 Å². The molecule has 0 aliphatic heterocycles. The molecule has 18 heavy (non-hydrogen) atoms. The van der Waals surface area contributed by atoms with Crippen molar-refractivity contribution in [3.8, 4) is 10.4 Å². The minimum atomic E-state index is -0.153. The highest BCUT2D eigenvalue weighted by atomic mass is 32.1. The summed E-state index contributed by atoms with van der Waals surface area (Å²) in [5, 5.41) is 3.46. The Balaban J connectivity index is 1.91. The van der Waals surface area contributed by atoms with Gasteiger partial charge in [-0.05, 0) is 55.2 Å². The SMILES string of the molecule is Cc1ccc(-c2ccc(F)cc2CNC2CC2)s1. The van der Waals surface area contributed by atoms with Crippen molar-refractivity contribution in [3.63, 3.8) is 0 Å². The summed E-state index contributed by atoms with van der Waals surface area (Å²) in [4.78, 5) is 2.51. The van der Waals surface area contributed by atoms with E-state index in [2.05, 4.69) is 24.4 Å². The molecule has 1 heterocycles. The van der Waals surface area contributed by atoms with Crippen LogP contribution in [0.5, 0.6) is 0 Å². The molecule has 2 aromatic rings. The van der Waals surface area contributed by atoms with Crippen molar-refractivity contribution in [3.05, 3.63) is 46.6 Å². The zero-order chi connectivity index (χ0) is 12.5. The van der Waals surface area contributed by atoms with Crippen LogP contribution in [0.4, 0.5) is 4.39 Å². The molecule has 1 N–H and O–H groups in total. The maximum atomic E-state index is 13.4. The number of hydrogen-bond donors (Lipinski definition) is 1. The van der Waals surface area contributed by atoms with Gasteiger partial charge >= 0.3 is 0 Å². The fraction of sp³-hybridized carbons (Fsp3) is 0.333. The summed E-state index contributed by atoms with van der Waals surface area (Å²) < 4.78 is 13.4. The standard InChI is InChI=1S/C15H16FNS/c1-10-2-7-15(18-10)14-6-3-12(16)8-11(14)9-17-13-4-5-13/h2-3,6-8,13,17H,4-5,9H2,1H3. The van der Waals surface area contributed by atoms with Gasteiger partial charge in [-0.15, -0.1) is 11.3 Å². The van der Waals surface area contributed by atoms with E-state index in [1.807, 2.05) is 6.07 Å². The van der Waals surface area contributed by atoms with E-state index < -0.39 is 0 Å². The van der Waals surface area contributed by atoms with Crippen molar-refractivity contribution >= 4 is 11.3 Å². The first-order valence-corrected chi connectivity index (χ1v) is 7.12. The average Bonchev–Trinajstić information content (AvgIpc) is 3.08. The van der Waals surface area contributed by atoms with E-state index in [1.165, 1.54) is 22.6 Å². The Morgan fingerprint density at radius 2 is 2.11 bits per heavy atom. The Bertz CT molecular complexity index is 557. The van der Waals surface area contributed by atoms with E-state index in [1.54, 1.807) is 23.5 Å². The molecule has 0 bridgehead atoms. The van der Waals surface area contributed by atoms with Gasteiger partial charge in [-0.3, -0.25) is 0 Å². The number of nitrogens with one attached hydrogen (secondary N) is 1. The third kappa shape index (κ3) is 2.62.